The van der Waals surface area contributed by atoms with Gasteiger partial charge in [-0.25, -0.2) is 4.98 Å². The second kappa shape index (κ2) is 12.2. The summed E-state index contributed by atoms with van der Waals surface area (Å²) in [6.07, 6.45) is 2.02. The number of hydrogen-bond acceptors (Lipinski definition) is 9. The Morgan fingerprint density at radius 1 is 1.09 bits per heavy atom. The van der Waals surface area contributed by atoms with E-state index in [1.807, 2.05) is 12.1 Å². The Bertz CT molecular complexity index is 1260. The van der Waals surface area contributed by atoms with Gasteiger partial charge in [0.2, 0.25) is 5.95 Å². The summed E-state index contributed by atoms with van der Waals surface area (Å²) < 4.78 is 27.8. The van der Waals surface area contributed by atoms with Gasteiger partial charge >= 0.3 is 29.6 Å². The minimum atomic E-state index is -4.08. The number of rotatable bonds is 7. The summed E-state index contributed by atoms with van der Waals surface area (Å²) >= 11 is 0. The molecule has 0 amide bonds. The van der Waals surface area contributed by atoms with Crippen molar-refractivity contribution < 1.29 is 53.0 Å². The second-order valence-corrected chi connectivity index (χ2v) is 8.68. The molecule has 2 aromatic carbocycles. The van der Waals surface area contributed by atoms with E-state index in [0.717, 1.165) is 5.56 Å². The van der Waals surface area contributed by atoms with E-state index in [9.17, 15) is 9.46 Å². The molecule has 172 valence electrons. The maximum Gasteiger partial charge on any atom is 1.00 e. The van der Waals surface area contributed by atoms with Gasteiger partial charge in [-0.05, 0) is 48.9 Å². The van der Waals surface area contributed by atoms with E-state index in [4.69, 9.17) is 25.5 Å². The van der Waals surface area contributed by atoms with Crippen molar-refractivity contribution in [1.29, 1.82) is 0 Å². The predicted octanol–water partition coefficient (Wildman–Crippen LogP) is -1.13. The standard InChI is InChI=1S/C23H25N4O5P.Na/c1-4-32-33(28,29)19-9-6-15(7-10-19)5-8-17-11-16(13-20(30-2)21(17)31-3)12-18-14-26-23(25)27-22(18)24;/h6-7,9-11,13-14H,4,12H2,1-3H3,(H,28,29)(H4,24,25,26,27);/q;+1/p-1. The monoisotopic (exact) mass is 490 g/mol. The summed E-state index contributed by atoms with van der Waals surface area (Å²) in [5, 5.41) is 0.0967. The van der Waals surface area contributed by atoms with Gasteiger partial charge in [0.05, 0.1) is 26.4 Å². The van der Waals surface area contributed by atoms with Crippen molar-refractivity contribution in [2.45, 2.75) is 13.3 Å². The summed E-state index contributed by atoms with van der Waals surface area (Å²) in [5.74, 6) is 7.49. The summed E-state index contributed by atoms with van der Waals surface area (Å²) in [6.45, 7) is 1.70. The first-order valence-corrected chi connectivity index (χ1v) is 11.5. The molecule has 0 bridgehead atoms. The molecule has 34 heavy (non-hydrogen) atoms. The third-order valence-corrected chi connectivity index (χ3v) is 6.20. The average molecular weight is 490 g/mol. The molecule has 0 aliphatic heterocycles. The first kappa shape index (κ1) is 27.7. The number of hydrogen-bond donors (Lipinski definition) is 2. The molecule has 9 nitrogen and oxygen atoms in total. The molecule has 0 saturated heterocycles. The van der Waals surface area contributed by atoms with Gasteiger partial charge < -0.3 is 34.9 Å². The van der Waals surface area contributed by atoms with Crippen LogP contribution in [0.5, 0.6) is 11.5 Å². The third-order valence-electron chi connectivity index (χ3n) is 4.67. The van der Waals surface area contributed by atoms with Gasteiger partial charge in [-0.3, -0.25) is 0 Å². The topological polar surface area (TPSA) is 146 Å². The van der Waals surface area contributed by atoms with E-state index in [1.165, 1.54) is 26.4 Å². The van der Waals surface area contributed by atoms with E-state index in [0.29, 0.717) is 40.4 Å². The van der Waals surface area contributed by atoms with Crippen molar-refractivity contribution in [3.8, 4) is 23.3 Å². The Balaban J connectivity index is 0.00000408. The number of nitrogens with zero attached hydrogens (tertiary/aromatic N) is 2. The SMILES string of the molecule is CCOP(=O)([O-])c1ccc(C#Cc2cc(Cc3cnc(N)nc3N)cc(OC)c2OC)cc1.[Na+]. The molecule has 3 aromatic rings. The van der Waals surface area contributed by atoms with Crippen LogP contribution in [0.25, 0.3) is 0 Å². The molecule has 1 atom stereocenters. The predicted molar refractivity (Wildman–Crippen MR) is 124 cm³/mol. The van der Waals surface area contributed by atoms with Crippen LogP contribution in [-0.4, -0.2) is 30.8 Å². The van der Waals surface area contributed by atoms with Gasteiger partial charge in [0.1, 0.15) is 5.82 Å². The first-order valence-electron chi connectivity index (χ1n) is 9.97. The molecule has 1 heterocycles. The fraction of sp³-hybridized carbons (Fsp3) is 0.217. The summed E-state index contributed by atoms with van der Waals surface area (Å²) in [5.41, 5.74) is 14.3. The summed E-state index contributed by atoms with van der Waals surface area (Å²) in [4.78, 5) is 20.0. The molecule has 0 saturated carbocycles. The van der Waals surface area contributed by atoms with E-state index >= 15 is 0 Å². The van der Waals surface area contributed by atoms with Crippen molar-refractivity contribution in [2.75, 3.05) is 32.3 Å². The van der Waals surface area contributed by atoms with Crippen molar-refractivity contribution in [2.24, 2.45) is 0 Å². The van der Waals surface area contributed by atoms with Crippen LogP contribution in [0.4, 0.5) is 11.8 Å². The molecule has 4 N–H and O–H groups in total. The van der Waals surface area contributed by atoms with Crippen LogP contribution in [0.1, 0.15) is 29.2 Å². The first-order chi connectivity index (χ1) is 15.8. The van der Waals surface area contributed by atoms with Gasteiger partial charge in [0.15, 0.2) is 19.1 Å². The van der Waals surface area contributed by atoms with Crippen LogP contribution < -0.4 is 60.7 Å². The van der Waals surface area contributed by atoms with E-state index in [2.05, 4.69) is 21.8 Å². The van der Waals surface area contributed by atoms with Crippen LogP contribution in [0.15, 0.2) is 42.6 Å². The molecule has 0 aliphatic carbocycles. The second-order valence-electron chi connectivity index (χ2n) is 6.91. The zero-order chi connectivity index (χ0) is 24.0. The maximum atomic E-state index is 12.0. The molecule has 11 heteroatoms. The zero-order valence-corrected chi connectivity index (χ0v) is 22.4. The number of benzene rings is 2. The molecular formula is C23H24N4NaO5P. The molecule has 0 aliphatic rings. The Morgan fingerprint density at radius 3 is 2.38 bits per heavy atom. The van der Waals surface area contributed by atoms with Crippen molar-refractivity contribution >= 4 is 24.7 Å². The van der Waals surface area contributed by atoms with Gasteiger partial charge in [-0.2, -0.15) is 4.98 Å². The van der Waals surface area contributed by atoms with Crippen molar-refractivity contribution in [3.63, 3.8) is 0 Å². The Morgan fingerprint density at radius 2 is 1.79 bits per heavy atom. The van der Waals surface area contributed by atoms with Crippen LogP contribution in [0.2, 0.25) is 0 Å². The van der Waals surface area contributed by atoms with E-state index < -0.39 is 7.60 Å². The van der Waals surface area contributed by atoms with Gasteiger partial charge in [-0.15, -0.1) is 0 Å². The van der Waals surface area contributed by atoms with Gasteiger partial charge in [0.25, 0.3) is 0 Å². The van der Waals surface area contributed by atoms with E-state index in [-0.39, 0.29) is 47.4 Å². The minimum absolute atomic E-state index is 0. The normalized spacial score (nSPS) is 12.0. The number of methoxy groups -OCH3 is 2. The van der Waals surface area contributed by atoms with Crippen molar-refractivity contribution in [3.05, 3.63) is 64.8 Å². The molecule has 0 fully saturated rings. The number of anilines is 2. The fourth-order valence-corrected chi connectivity index (χ4v) is 4.12. The number of nitrogen functional groups attached to an aromatic ring is 2. The summed E-state index contributed by atoms with van der Waals surface area (Å²) in [7, 11) is -1.01. The molecule has 1 aromatic heterocycles. The average Bonchev–Trinajstić information content (AvgIpc) is 2.79. The smallest absolute Gasteiger partial charge is 0.775 e. The molecule has 0 radical (unpaired) electrons. The van der Waals surface area contributed by atoms with Crippen LogP contribution in [0.3, 0.4) is 0 Å². The quantitative estimate of drug-likeness (QED) is 0.239. The third kappa shape index (κ3) is 6.73. The van der Waals surface area contributed by atoms with Crippen LogP contribution in [0, 0.1) is 11.8 Å². The Hall–Kier alpha value is -2.57. The number of ether oxygens (including phenoxy) is 2. The van der Waals surface area contributed by atoms with Gasteiger partial charge in [-0.1, -0.05) is 11.8 Å². The van der Waals surface area contributed by atoms with Crippen LogP contribution >= 0.6 is 7.60 Å². The molecular weight excluding hydrogens is 466 g/mol. The maximum absolute atomic E-state index is 12.0. The Kier molecular flexibility index (Phi) is 9.95. The zero-order valence-electron chi connectivity index (χ0n) is 19.5. The largest absolute Gasteiger partial charge is 1.00 e. The number of nitrogens with two attached hydrogens (primary N) is 2. The molecule has 3 rings (SSSR count). The number of aromatic nitrogens is 2. The molecule has 0 spiro atoms. The van der Waals surface area contributed by atoms with Gasteiger partial charge in [0, 0.05) is 29.0 Å². The Labute approximate surface area is 220 Å². The van der Waals surface area contributed by atoms with Crippen molar-refractivity contribution in [1.82, 2.24) is 9.97 Å². The fourth-order valence-electron chi connectivity index (χ4n) is 3.12. The summed E-state index contributed by atoms with van der Waals surface area (Å²) in [6, 6.07) is 9.85. The minimum Gasteiger partial charge on any atom is -0.775 e. The molecule has 1 unspecified atom stereocenters. The van der Waals surface area contributed by atoms with Crippen LogP contribution in [-0.2, 0) is 15.5 Å². The van der Waals surface area contributed by atoms with E-state index in [1.54, 1.807) is 25.3 Å².